The Morgan fingerprint density at radius 1 is 1.09 bits per heavy atom. The van der Waals surface area contributed by atoms with Crippen LogP contribution in [0.15, 0.2) is 41.4 Å². The van der Waals surface area contributed by atoms with Crippen LogP contribution in [0.2, 0.25) is 0 Å². The number of ether oxygens (including phenoxy) is 4. The largest absolute Gasteiger partial charge is 0.493 e. The number of benzene rings is 2. The minimum absolute atomic E-state index is 0.0254. The highest BCUT2D eigenvalue weighted by atomic mass is 16.5. The minimum atomic E-state index is -0.258. The van der Waals surface area contributed by atoms with Crippen molar-refractivity contribution in [1.82, 2.24) is 4.90 Å². The van der Waals surface area contributed by atoms with Crippen molar-refractivity contribution < 1.29 is 24.1 Å². The smallest absolute Gasteiger partial charge is 0.161 e. The third kappa shape index (κ3) is 5.00. The first-order valence-corrected chi connectivity index (χ1v) is 11.1. The van der Waals surface area contributed by atoms with Crippen LogP contribution in [0.1, 0.15) is 25.3 Å². The highest BCUT2D eigenvalue weighted by Crippen LogP contribution is 2.30. The van der Waals surface area contributed by atoms with Crippen molar-refractivity contribution in [2.45, 2.75) is 38.6 Å². The van der Waals surface area contributed by atoms with E-state index in [2.05, 4.69) is 17.2 Å². The zero-order valence-electron chi connectivity index (χ0n) is 19.0. The van der Waals surface area contributed by atoms with E-state index in [1.165, 1.54) is 0 Å². The summed E-state index contributed by atoms with van der Waals surface area (Å²) in [6.07, 6.45) is 3.95. The van der Waals surface area contributed by atoms with Crippen molar-refractivity contribution in [2.75, 3.05) is 34.0 Å². The molecule has 1 saturated heterocycles. The molecule has 1 N–H and O–H groups in total. The van der Waals surface area contributed by atoms with Gasteiger partial charge in [0.2, 0.25) is 0 Å². The number of rotatable bonds is 8. The summed E-state index contributed by atoms with van der Waals surface area (Å²) in [5.41, 5.74) is 1.12. The fourth-order valence-electron chi connectivity index (χ4n) is 4.29. The van der Waals surface area contributed by atoms with Gasteiger partial charge in [-0.3, -0.25) is 4.99 Å². The van der Waals surface area contributed by atoms with Crippen molar-refractivity contribution in [1.29, 1.82) is 0 Å². The molecule has 0 amide bonds. The van der Waals surface area contributed by atoms with Gasteiger partial charge in [-0.25, -0.2) is 0 Å². The monoisotopic (exact) mass is 440 g/mol. The summed E-state index contributed by atoms with van der Waals surface area (Å²) < 4.78 is 22.3. The van der Waals surface area contributed by atoms with Gasteiger partial charge in [-0.2, -0.15) is 0 Å². The zero-order valence-corrected chi connectivity index (χ0v) is 19.0. The van der Waals surface area contributed by atoms with Gasteiger partial charge < -0.3 is 29.0 Å². The molecular weight excluding hydrogens is 408 g/mol. The first-order chi connectivity index (χ1) is 15.6. The van der Waals surface area contributed by atoms with Gasteiger partial charge >= 0.3 is 0 Å². The van der Waals surface area contributed by atoms with Crippen molar-refractivity contribution in [3.63, 3.8) is 0 Å². The molecule has 7 nitrogen and oxygen atoms in total. The molecule has 0 bridgehead atoms. The average molecular weight is 441 g/mol. The molecule has 2 aliphatic heterocycles. The number of hydrogen-bond acceptors (Lipinski definition) is 7. The molecule has 2 aromatic rings. The molecule has 7 heteroatoms. The summed E-state index contributed by atoms with van der Waals surface area (Å²) in [5.74, 6) is 2.59. The number of hydrogen-bond donors (Lipinski definition) is 1. The Hall–Kier alpha value is -2.77. The first-order valence-electron chi connectivity index (χ1n) is 11.1. The van der Waals surface area contributed by atoms with Crippen LogP contribution in [-0.4, -0.2) is 56.3 Å². The number of aliphatic hydroxyl groups is 1. The van der Waals surface area contributed by atoms with E-state index in [0.717, 1.165) is 59.4 Å². The van der Waals surface area contributed by atoms with Crippen molar-refractivity contribution in [3.05, 3.63) is 52.5 Å². The third-order valence-corrected chi connectivity index (χ3v) is 6.01. The van der Waals surface area contributed by atoms with Gasteiger partial charge in [0.1, 0.15) is 18.0 Å². The summed E-state index contributed by atoms with van der Waals surface area (Å²) in [4.78, 5) is 7.45. The Kier molecular flexibility index (Phi) is 7.17. The van der Waals surface area contributed by atoms with E-state index in [4.69, 9.17) is 23.9 Å². The predicted molar refractivity (Wildman–Crippen MR) is 121 cm³/mol. The summed E-state index contributed by atoms with van der Waals surface area (Å²) in [6.45, 7) is 4.07. The molecule has 0 aromatic heterocycles. The summed E-state index contributed by atoms with van der Waals surface area (Å²) in [5, 5.41) is 11.3. The van der Waals surface area contributed by atoms with Crippen LogP contribution < -0.4 is 24.8 Å². The van der Waals surface area contributed by atoms with E-state index in [1.807, 2.05) is 37.3 Å². The summed E-state index contributed by atoms with van der Waals surface area (Å²) in [7, 11) is 3.30. The van der Waals surface area contributed by atoms with Crippen LogP contribution in [0.4, 0.5) is 0 Å². The van der Waals surface area contributed by atoms with Crippen LogP contribution in [0.3, 0.4) is 0 Å². The molecule has 172 valence electrons. The van der Waals surface area contributed by atoms with Crippen molar-refractivity contribution in [2.24, 2.45) is 10.9 Å². The molecule has 32 heavy (non-hydrogen) atoms. The predicted octanol–water partition coefficient (Wildman–Crippen LogP) is 2.09. The Labute approximate surface area is 188 Å². The second-order valence-electron chi connectivity index (χ2n) is 8.31. The normalized spacial score (nSPS) is 19.4. The third-order valence-electron chi connectivity index (χ3n) is 6.01. The lowest BCUT2D eigenvalue weighted by Crippen LogP contribution is -2.46. The van der Waals surface area contributed by atoms with E-state index in [0.29, 0.717) is 12.5 Å². The van der Waals surface area contributed by atoms with Gasteiger partial charge in [-0.1, -0.05) is 6.07 Å². The Morgan fingerprint density at radius 2 is 1.88 bits per heavy atom. The Bertz CT molecular complexity index is 1040. The molecule has 1 fully saturated rings. The fourth-order valence-corrected chi connectivity index (χ4v) is 4.29. The Balaban J connectivity index is 1.68. The Morgan fingerprint density at radius 3 is 2.59 bits per heavy atom. The van der Waals surface area contributed by atoms with E-state index in [1.54, 1.807) is 14.2 Å². The van der Waals surface area contributed by atoms with Crippen LogP contribution >= 0.6 is 0 Å². The van der Waals surface area contributed by atoms with Gasteiger partial charge in [-0.15, -0.1) is 0 Å². The summed E-state index contributed by atoms with van der Waals surface area (Å²) in [6, 6.07) is 11.9. The molecule has 2 heterocycles. The highest BCUT2D eigenvalue weighted by Gasteiger charge is 2.29. The highest BCUT2D eigenvalue weighted by molar-refractivity contribution is 5.43. The summed E-state index contributed by atoms with van der Waals surface area (Å²) >= 11 is 0. The molecule has 1 unspecified atom stereocenters. The second-order valence-corrected chi connectivity index (χ2v) is 8.31. The maximum absolute atomic E-state index is 9.31. The van der Waals surface area contributed by atoms with Crippen molar-refractivity contribution >= 4 is 6.20 Å². The number of methoxy groups -OCH3 is 2. The maximum atomic E-state index is 9.31. The van der Waals surface area contributed by atoms with Crippen LogP contribution in [0.5, 0.6) is 17.2 Å². The van der Waals surface area contributed by atoms with E-state index in [-0.39, 0.29) is 18.9 Å². The molecule has 0 radical (unpaired) electrons. The standard InChI is InChI=1S/C25H32N2O5/c1-17(16-28)32-21-5-6-22-20(13-21)15-27(25(26-22)19-8-10-31-11-9-19)14-18-4-7-23(29-2)24(12-18)30-3/h4-7,12-13,15,17,19,25,28H,8-11,14,16H2,1-3H3/t17-,25?/m1/s1. The average Bonchev–Trinajstić information content (AvgIpc) is 2.84. The molecule has 2 aromatic carbocycles. The number of aliphatic hydroxyl groups excluding tert-OH is 1. The molecule has 4 rings (SSSR count). The maximum Gasteiger partial charge on any atom is 0.161 e. The SMILES string of the molecule is COc1ccc(CN2C=c3cc(O[C@H](C)CO)ccc3=NC2C2CCOCC2)cc1OC. The first kappa shape index (κ1) is 22.4. The molecule has 0 saturated carbocycles. The molecule has 2 aliphatic rings. The number of nitrogens with zero attached hydrogens (tertiary/aromatic N) is 2. The lowest BCUT2D eigenvalue weighted by molar-refractivity contribution is 0.0382. The van der Waals surface area contributed by atoms with E-state index in [9.17, 15) is 5.11 Å². The molecule has 0 aliphatic carbocycles. The van der Waals surface area contributed by atoms with Gasteiger partial charge in [0.25, 0.3) is 0 Å². The van der Waals surface area contributed by atoms with Crippen LogP contribution in [-0.2, 0) is 11.3 Å². The van der Waals surface area contributed by atoms with Gasteiger partial charge in [0, 0.05) is 37.1 Å². The minimum Gasteiger partial charge on any atom is -0.493 e. The lowest BCUT2D eigenvalue weighted by Gasteiger charge is -2.37. The quantitative estimate of drug-likeness (QED) is 0.678. The zero-order chi connectivity index (χ0) is 22.5. The van der Waals surface area contributed by atoms with Gasteiger partial charge in [0.15, 0.2) is 11.5 Å². The molecule has 2 atom stereocenters. The molecular formula is C25H32N2O5. The topological polar surface area (TPSA) is 72.8 Å². The van der Waals surface area contributed by atoms with Gasteiger partial charge in [0.05, 0.1) is 26.2 Å². The molecule has 0 spiro atoms. The fraction of sp³-hybridized carbons (Fsp3) is 0.480. The van der Waals surface area contributed by atoms with Crippen LogP contribution in [0, 0.1) is 5.92 Å². The van der Waals surface area contributed by atoms with E-state index >= 15 is 0 Å². The van der Waals surface area contributed by atoms with Crippen molar-refractivity contribution in [3.8, 4) is 17.2 Å². The van der Waals surface area contributed by atoms with E-state index < -0.39 is 0 Å². The second kappa shape index (κ2) is 10.2. The van der Waals surface area contributed by atoms with Crippen LogP contribution in [0.25, 0.3) is 6.20 Å². The van der Waals surface area contributed by atoms with Gasteiger partial charge in [-0.05, 0) is 55.7 Å². The number of fused-ring (bicyclic) bond motifs is 1. The lowest BCUT2D eigenvalue weighted by atomic mass is 9.95.